The van der Waals surface area contributed by atoms with Crippen LogP contribution in [-0.4, -0.2) is 55.4 Å². The van der Waals surface area contributed by atoms with Gasteiger partial charge in [0, 0.05) is 48.3 Å². The van der Waals surface area contributed by atoms with E-state index in [1.165, 1.54) is 11.1 Å². The summed E-state index contributed by atoms with van der Waals surface area (Å²) in [5, 5.41) is 22.5. The summed E-state index contributed by atoms with van der Waals surface area (Å²) in [6.45, 7) is 14.8. The summed E-state index contributed by atoms with van der Waals surface area (Å²) in [5.41, 5.74) is 10.8. The Morgan fingerprint density at radius 3 is 1.20 bits per heavy atom. The number of benzene rings is 4. The molecule has 0 spiro atoms. The molecule has 0 saturated heterocycles. The summed E-state index contributed by atoms with van der Waals surface area (Å²) >= 11 is 0. The Kier molecular flexibility index (Phi) is 9.27. The molecule has 282 valence electrons. The maximum atomic E-state index is 13.6. The molecule has 2 heterocycles. The van der Waals surface area contributed by atoms with Gasteiger partial charge in [0.15, 0.2) is 11.4 Å². The highest BCUT2D eigenvalue weighted by atomic mass is 16.3. The molecule has 0 aromatic heterocycles. The van der Waals surface area contributed by atoms with Crippen LogP contribution >= 0.6 is 0 Å². The Hall–Kier alpha value is -5.88. The number of Topliss-reactive ketones (excluding diaryl/α,β-unsaturated/α-hetero) is 2. The monoisotopic (exact) mass is 742 g/mol. The van der Waals surface area contributed by atoms with Gasteiger partial charge >= 0.3 is 0 Å². The van der Waals surface area contributed by atoms with Crippen LogP contribution < -0.4 is 0 Å². The van der Waals surface area contributed by atoms with E-state index >= 15 is 0 Å². The van der Waals surface area contributed by atoms with E-state index in [9.17, 15) is 19.8 Å². The molecule has 2 N–H and O–H groups in total. The van der Waals surface area contributed by atoms with E-state index in [4.69, 9.17) is 0 Å². The average Bonchev–Trinajstić information content (AvgIpc) is 3.55. The number of hydrogen-bond donors (Lipinski definition) is 2. The predicted molar refractivity (Wildman–Crippen MR) is 225 cm³/mol. The molecular formula is C50H50N2O4+2. The van der Waals surface area contributed by atoms with Crippen LogP contribution in [0.5, 0.6) is 0 Å². The number of nitrogens with zero attached hydrogens (tertiary/aromatic N) is 2. The second-order valence-corrected chi connectivity index (χ2v) is 16.4. The first-order valence-corrected chi connectivity index (χ1v) is 20.0. The Labute approximate surface area is 329 Å². The fraction of sp³-hybridized carbons (Fsp3) is 0.280. The number of allylic oxidation sites excluding steroid dienone is 6. The third-order valence-electron chi connectivity index (χ3n) is 12.2. The van der Waals surface area contributed by atoms with Gasteiger partial charge in [0.25, 0.3) is 0 Å². The van der Waals surface area contributed by atoms with Crippen molar-refractivity contribution in [3.05, 3.63) is 154 Å². The van der Waals surface area contributed by atoms with Gasteiger partial charge in [-0.25, -0.2) is 0 Å². The third-order valence-corrected chi connectivity index (χ3v) is 12.2. The second kappa shape index (κ2) is 14.0. The Morgan fingerprint density at radius 2 is 0.857 bits per heavy atom. The highest BCUT2D eigenvalue weighted by Crippen LogP contribution is 2.45. The molecule has 4 aromatic rings. The summed E-state index contributed by atoms with van der Waals surface area (Å²) in [4.78, 5) is 27.2. The van der Waals surface area contributed by atoms with Crippen LogP contribution in [0.2, 0.25) is 0 Å². The van der Waals surface area contributed by atoms with Crippen LogP contribution in [0.4, 0.5) is 11.4 Å². The second-order valence-electron chi connectivity index (χ2n) is 16.4. The lowest BCUT2D eigenvalue weighted by atomic mass is 9.77. The number of unbranched alkanes of at least 4 members (excludes halogenated alkanes) is 2. The SMILES string of the molecule is CCCC[N+]1=C(/C=C2\C(=O)C(c3ccc(-c4ccc(C5=C(O)/C(=C/C6=[N+](CCCC)c7ccccc7C6(C)C)C5=O)cc4)cc3)=C2O)C(C)(C)c2ccccc21. The number of aliphatic hydroxyl groups is 2. The summed E-state index contributed by atoms with van der Waals surface area (Å²) in [5.74, 6) is -0.258. The largest absolute Gasteiger partial charge is 0.506 e. The van der Waals surface area contributed by atoms with Crippen molar-refractivity contribution in [3.8, 4) is 11.1 Å². The van der Waals surface area contributed by atoms with Gasteiger partial charge in [-0.1, -0.05) is 112 Å². The van der Waals surface area contributed by atoms with Crippen molar-refractivity contribution in [2.75, 3.05) is 13.1 Å². The molecule has 0 bridgehead atoms. The minimum Gasteiger partial charge on any atom is -0.506 e. The lowest BCUT2D eigenvalue weighted by Crippen LogP contribution is -2.31. The van der Waals surface area contributed by atoms with Crippen molar-refractivity contribution in [2.24, 2.45) is 0 Å². The molecule has 2 aliphatic heterocycles. The van der Waals surface area contributed by atoms with E-state index in [0.29, 0.717) is 33.4 Å². The van der Waals surface area contributed by atoms with Crippen molar-refractivity contribution >= 4 is 45.5 Å². The van der Waals surface area contributed by atoms with Gasteiger partial charge in [0.1, 0.15) is 24.6 Å². The highest BCUT2D eigenvalue weighted by Gasteiger charge is 2.48. The van der Waals surface area contributed by atoms with Gasteiger partial charge in [0.2, 0.25) is 22.9 Å². The van der Waals surface area contributed by atoms with Gasteiger partial charge < -0.3 is 10.2 Å². The van der Waals surface area contributed by atoms with Crippen LogP contribution in [0, 0.1) is 0 Å². The molecule has 0 atom stereocenters. The number of rotatable bonds is 11. The molecule has 6 heteroatoms. The third kappa shape index (κ3) is 5.77. The van der Waals surface area contributed by atoms with Crippen LogP contribution in [0.25, 0.3) is 22.3 Å². The molecule has 2 aliphatic carbocycles. The average molecular weight is 743 g/mol. The van der Waals surface area contributed by atoms with Gasteiger partial charge in [-0.05, 0) is 49.9 Å². The summed E-state index contributed by atoms with van der Waals surface area (Å²) in [6.07, 6.45) is 7.95. The number of fused-ring (bicyclic) bond motifs is 2. The van der Waals surface area contributed by atoms with Crippen LogP contribution in [0.15, 0.2) is 132 Å². The number of carbonyl (C=O) groups is 2. The highest BCUT2D eigenvalue weighted by molar-refractivity contribution is 6.41. The standard InChI is InChI=1S/C50H48N2O4/c1-7-9-27-51-39-17-13-11-15-37(39)49(3,4)41(51)29-35-45(53)43(46(35)54)33-23-19-31(20-24-33)32-21-25-34(26-22-32)44-47(55)36(48(44)56)30-42-50(5,6)38-16-12-14-18-40(38)52(42)28-10-8-2/h11-26,29-30H,7-10,27-28H2,1-6H3/p+2. The molecule has 0 radical (unpaired) electrons. The zero-order chi connectivity index (χ0) is 39.5. The Balaban J connectivity index is 1.02. The molecule has 0 amide bonds. The normalized spacial score (nSPS) is 19.6. The lowest BCUT2D eigenvalue weighted by molar-refractivity contribution is -0.438. The fourth-order valence-corrected chi connectivity index (χ4v) is 8.90. The van der Waals surface area contributed by atoms with Gasteiger partial charge in [-0.3, -0.25) is 9.59 Å². The summed E-state index contributed by atoms with van der Waals surface area (Å²) < 4.78 is 4.60. The molecule has 4 aromatic carbocycles. The van der Waals surface area contributed by atoms with Crippen LogP contribution in [0.1, 0.15) is 89.5 Å². The van der Waals surface area contributed by atoms with Crippen molar-refractivity contribution in [1.82, 2.24) is 0 Å². The van der Waals surface area contributed by atoms with E-state index in [1.807, 2.05) is 60.7 Å². The van der Waals surface area contributed by atoms with Crippen LogP contribution in [-0.2, 0) is 20.4 Å². The van der Waals surface area contributed by atoms with Crippen molar-refractivity contribution in [3.63, 3.8) is 0 Å². The zero-order valence-electron chi connectivity index (χ0n) is 33.2. The van der Waals surface area contributed by atoms with Gasteiger partial charge in [0.05, 0.1) is 33.1 Å². The van der Waals surface area contributed by atoms with Gasteiger partial charge in [-0.15, -0.1) is 0 Å². The number of hydrogen-bond acceptors (Lipinski definition) is 4. The molecular weight excluding hydrogens is 693 g/mol. The zero-order valence-corrected chi connectivity index (χ0v) is 33.2. The molecule has 56 heavy (non-hydrogen) atoms. The fourth-order valence-electron chi connectivity index (χ4n) is 8.90. The number of ketones is 2. The van der Waals surface area contributed by atoms with E-state index in [2.05, 4.69) is 99.2 Å². The minimum absolute atomic E-state index is 0.0292. The first-order chi connectivity index (χ1) is 26.9. The van der Waals surface area contributed by atoms with E-state index in [-0.39, 0.29) is 33.9 Å². The van der Waals surface area contributed by atoms with Crippen molar-refractivity contribution in [2.45, 2.75) is 78.1 Å². The number of aliphatic hydroxyl groups excluding tert-OH is 2. The maximum absolute atomic E-state index is 13.6. The smallest absolute Gasteiger partial charge is 0.209 e. The number of para-hydroxylation sites is 2. The topological polar surface area (TPSA) is 80.6 Å². The van der Waals surface area contributed by atoms with E-state index < -0.39 is 0 Å². The summed E-state index contributed by atoms with van der Waals surface area (Å²) in [7, 11) is 0. The Morgan fingerprint density at radius 1 is 0.518 bits per heavy atom. The predicted octanol–water partition coefficient (Wildman–Crippen LogP) is 10.7. The molecule has 6 nitrogen and oxygen atoms in total. The lowest BCUT2D eigenvalue weighted by Gasteiger charge is -2.23. The van der Waals surface area contributed by atoms with Crippen LogP contribution in [0.3, 0.4) is 0 Å². The molecule has 0 saturated carbocycles. The van der Waals surface area contributed by atoms with Gasteiger partial charge in [-0.2, -0.15) is 9.15 Å². The van der Waals surface area contributed by atoms with E-state index in [1.54, 1.807) is 0 Å². The first kappa shape index (κ1) is 37.1. The van der Waals surface area contributed by atoms with Crippen molar-refractivity contribution in [1.29, 1.82) is 0 Å². The maximum Gasteiger partial charge on any atom is 0.209 e. The Bertz CT molecular complexity index is 2340. The summed E-state index contributed by atoms with van der Waals surface area (Å²) in [6, 6.07) is 32.0. The van der Waals surface area contributed by atoms with Crippen molar-refractivity contribution < 1.29 is 29.0 Å². The molecule has 4 aliphatic rings. The first-order valence-electron chi connectivity index (χ1n) is 20.0. The molecule has 0 unspecified atom stereocenters. The molecule has 0 fully saturated rings. The minimum atomic E-state index is -0.306. The quantitative estimate of drug-likeness (QED) is 0.118. The van der Waals surface area contributed by atoms with E-state index in [0.717, 1.165) is 72.7 Å². The number of carbonyl (C=O) groups excluding carboxylic acids is 2. The molecule has 8 rings (SSSR count).